The van der Waals surface area contributed by atoms with Crippen LogP contribution in [0.1, 0.15) is 32.3 Å². The quantitative estimate of drug-likeness (QED) is 0.692. The fourth-order valence-corrected chi connectivity index (χ4v) is 3.36. The molecule has 6 nitrogen and oxygen atoms in total. The number of likely N-dealkylation sites (N-methyl/N-ethyl adjacent to an activating group) is 1. The van der Waals surface area contributed by atoms with Gasteiger partial charge in [0.25, 0.3) is 0 Å². The number of nitrogens with zero attached hydrogens (tertiary/aromatic N) is 2. The van der Waals surface area contributed by atoms with E-state index in [0.717, 1.165) is 51.1 Å². The topological polar surface area (TPSA) is 72.9 Å². The average Bonchev–Trinajstić information content (AvgIpc) is 2.69. The summed E-state index contributed by atoms with van der Waals surface area (Å²) in [5, 5.41) is 12.5. The van der Waals surface area contributed by atoms with E-state index >= 15 is 0 Å². The highest BCUT2D eigenvalue weighted by Crippen LogP contribution is 2.23. The van der Waals surface area contributed by atoms with E-state index < -0.39 is 0 Å². The molecule has 0 amide bonds. The van der Waals surface area contributed by atoms with Crippen molar-refractivity contribution in [2.24, 2.45) is 5.92 Å². The molecule has 28 heavy (non-hydrogen) atoms. The van der Waals surface area contributed by atoms with Gasteiger partial charge < -0.3 is 24.9 Å². The highest BCUT2D eigenvalue weighted by Gasteiger charge is 2.35. The molecule has 1 saturated heterocycles. The maximum atomic E-state index is 11.5. The lowest BCUT2D eigenvalue weighted by molar-refractivity contribution is -0.119. The van der Waals surface area contributed by atoms with E-state index in [1.807, 2.05) is 26.0 Å². The first-order chi connectivity index (χ1) is 13.3. The van der Waals surface area contributed by atoms with Crippen LogP contribution in [-0.2, 0) is 16.0 Å². The van der Waals surface area contributed by atoms with Crippen molar-refractivity contribution in [2.75, 3.05) is 47.3 Å². The van der Waals surface area contributed by atoms with E-state index in [4.69, 9.17) is 4.79 Å². The third-order valence-corrected chi connectivity index (χ3v) is 4.85. The second-order valence-electron chi connectivity index (χ2n) is 7.97. The van der Waals surface area contributed by atoms with Crippen LogP contribution in [0.5, 0.6) is 5.75 Å². The summed E-state index contributed by atoms with van der Waals surface area (Å²) in [6.45, 7) is 10.3. The molecule has 1 aromatic carbocycles. The largest absolute Gasteiger partial charge is 0.508 e. The number of rotatable bonds is 7. The average molecular weight is 394 g/mol. The van der Waals surface area contributed by atoms with Gasteiger partial charge in [0.15, 0.2) is 0 Å². The molecule has 1 aliphatic rings. The zero-order valence-electron chi connectivity index (χ0n) is 18.3. The van der Waals surface area contributed by atoms with E-state index in [0.29, 0.717) is 5.75 Å². The Morgan fingerprint density at radius 1 is 1.14 bits per heavy atom. The monoisotopic (exact) mass is 393 g/mol. The Kier molecular flexibility index (Phi) is 13.4. The molecular weight excluding hydrogens is 354 g/mol. The molecule has 6 heteroatoms. The molecule has 0 saturated carbocycles. The summed E-state index contributed by atoms with van der Waals surface area (Å²) in [5.74, 6) is 1.09. The van der Waals surface area contributed by atoms with Crippen molar-refractivity contribution in [3.63, 3.8) is 0 Å². The molecule has 0 aliphatic carbocycles. The Morgan fingerprint density at radius 2 is 1.68 bits per heavy atom. The van der Waals surface area contributed by atoms with Crippen LogP contribution < -0.4 is 5.32 Å². The number of aromatic hydroxyl groups is 1. The number of nitrogens with one attached hydrogen (secondary N) is 1. The number of hydrogen-bond acceptors (Lipinski definition) is 6. The van der Waals surface area contributed by atoms with Gasteiger partial charge >= 0.3 is 0 Å². The summed E-state index contributed by atoms with van der Waals surface area (Å²) in [6.07, 6.45) is 3.76. The fourth-order valence-electron chi connectivity index (χ4n) is 3.36. The van der Waals surface area contributed by atoms with Crippen LogP contribution in [0.25, 0.3) is 0 Å². The maximum Gasteiger partial charge on any atom is 0.140 e. The van der Waals surface area contributed by atoms with Crippen LogP contribution in [0.3, 0.4) is 0 Å². The standard InChI is InChI=1S/C15H22N2O2.C6H15N.CH2O/c1-17(15(12-18)7-9-16-10-8-15)11-6-13-2-4-14(19)5-3-13;1-6(2)5-7(3)4;1-2/h2-5,12,16,19H,6-11H2,1H3;6H,5H2,1-4H3;1H2. The Morgan fingerprint density at radius 3 is 2.07 bits per heavy atom. The van der Waals surface area contributed by atoms with Crippen molar-refractivity contribution < 1.29 is 14.7 Å². The van der Waals surface area contributed by atoms with Crippen molar-refractivity contribution in [3.05, 3.63) is 29.8 Å². The minimum Gasteiger partial charge on any atom is -0.508 e. The molecule has 2 rings (SSSR count). The van der Waals surface area contributed by atoms with E-state index in [2.05, 4.69) is 43.1 Å². The molecule has 160 valence electrons. The van der Waals surface area contributed by atoms with Crippen LogP contribution >= 0.6 is 0 Å². The molecular formula is C22H39N3O3. The number of phenolic OH excluding ortho intramolecular Hbond substituents is 1. The summed E-state index contributed by atoms with van der Waals surface area (Å²) in [5.41, 5.74) is 0.877. The second kappa shape index (κ2) is 14.3. The zero-order valence-corrected chi connectivity index (χ0v) is 18.3. The van der Waals surface area contributed by atoms with E-state index in [1.165, 1.54) is 12.1 Å². The third-order valence-electron chi connectivity index (χ3n) is 4.85. The summed E-state index contributed by atoms with van der Waals surface area (Å²) in [7, 11) is 6.22. The van der Waals surface area contributed by atoms with Gasteiger partial charge in [0, 0.05) is 6.54 Å². The lowest BCUT2D eigenvalue weighted by Gasteiger charge is -2.40. The number of phenols is 1. The first-order valence-corrected chi connectivity index (χ1v) is 9.89. The molecule has 1 aromatic rings. The number of carbonyl (C=O) groups is 2. The molecule has 0 atom stereocenters. The molecule has 1 aliphatic heterocycles. The van der Waals surface area contributed by atoms with Gasteiger partial charge in [0.1, 0.15) is 18.8 Å². The SMILES string of the molecule is C=O.CC(C)CN(C)C.CN(CCc1ccc(O)cc1)C1(C=O)CCNCC1. The molecule has 0 bridgehead atoms. The zero-order chi connectivity index (χ0) is 21.6. The lowest BCUT2D eigenvalue weighted by atomic mass is 9.88. The number of benzene rings is 1. The molecule has 2 N–H and O–H groups in total. The molecule has 0 aromatic heterocycles. The van der Waals surface area contributed by atoms with Gasteiger partial charge in [0.05, 0.1) is 5.54 Å². The number of aldehydes is 1. The smallest absolute Gasteiger partial charge is 0.140 e. The number of piperidine rings is 1. The van der Waals surface area contributed by atoms with Gasteiger partial charge in [-0.05, 0) is 83.7 Å². The maximum absolute atomic E-state index is 11.5. The Bertz CT molecular complexity index is 520. The van der Waals surface area contributed by atoms with Crippen molar-refractivity contribution in [3.8, 4) is 5.75 Å². The third kappa shape index (κ3) is 9.97. The Balaban J connectivity index is 0.000000688. The summed E-state index contributed by atoms with van der Waals surface area (Å²) >= 11 is 0. The summed E-state index contributed by atoms with van der Waals surface area (Å²) in [4.78, 5) is 23.9. The molecule has 0 unspecified atom stereocenters. The highest BCUT2D eigenvalue weighted by atomic mass is 16.3. The molecule has 0 radical (unpaired) electrons. The van der Waals surface area contributed by atoms with Crippen LogP contribution in [-0.4, -0.2) is 80.8 Å². The van der Waals surface area contributed by atoms with E-state index in [1.54, 1.807) is 12.1 Å². The van der Waals surface area contributed by atoms with Gasteiger partial charge in [-0.15, -0.1) is 0 Å². The minimum absolute atomic E-state index is 0.292. The van der Waals surface area contributed by atoms with Gasteiger partial charge in [-0.3, -0.25) is 4.90 Å². The highest BCUT2D eigenvalue weighted by molar-refractivity contribution is 5.64. The molecule has 1 fully saturated rings. The van der Waals surface area contributed by atoms with Gasteiger partial charge in [-0.2, -0.15) is 0 Å². The Labute approximate surface area is 170 Å². The van der Waals surface area contributed by atoms with Crippen molar-refractivity contribution in [1.82, 2.24) is 15.1 Å². The van der Waals surface area contributed by atoms with Crippen molar-refractivity contribution in [2.45, 2.75) is 38.6 Å². The first-order valence-electron chi connectivity index (χ1n) is 9.89. The van der Waals surface area contributed by atoms with Gasteiger partial charge in [-0.1, -0.05) is 26.0 Å². The normalized spacial score (nSPS) is 15.4. The van der Waals surface area contributed by atoms with Gasteiger partial charge in [-0.25, -0.2) is 0 Å². The molecule has 0 spiro atoms. The van der Waals surface area contributed by atoms with Crippen molar-refractivity contribution in [1.29, 1.82) is 0 Å². The first kappa shape index (κ1) is 26.2. The number of carbonyl (C=O) groups excluding carboxylic acids is 2. The molecule has 1 heterocycles. The van der Waals surface area contributed by atoms with E-state index in [9.17, 15) is 9.90 Å². The predicted molar refractivity (Wildman–Crippen MR) is 116 cm³/mol. The van der Waals surface area contributed by atoms with Crippen molar-refractivity contribution >= 4 is 13.1 Å². The van der Waals surface area contributed by atoms with Crippen LogP contribution in [0, 0.1) is 5.92 Å². The minimum atomic E-state index is -0.303. The van der Waals surface area contributed by atoms with E-state index in [-0.39, 0.29) is 5.54 Å². The lowest BCUT2D eigenvalue weighted by Crippen LogP contribution is -2.54. The summed E-state index contributed by atoms with van der Waals surface area (Å²) in [6, 6.07) is 7.27. The predicted octanol–water partition coefficient (Wildman–Crippen LogP) is 2.21. The van der Waals surface area contributed by atoms with Gasteiger partial charge in [0.2, 0.25) is 0 Å². The summed E-state index contributed by atoms with van der Waals surface area (Å²) < 4.78 is 0. The second-order valence-corrected chi connectivity index (χ2v) is 7.97. The van der Waals surface area contributed by atoms with Crippen LogP contribution in [0.2, 0.25) is 0 Å². The Hall–Kier alpha value is -1.76. The van der Waals surface area contributed by atoms with Crippen LogP contribution in [0.15, 0.2) is 24.3 Å². The fraction of sp³-hybridized carbons (Fsp3) is 0.636. The number of hydrogen-bond donors (Lipinski definition) is 2. The van der Waals surface area contributed by atoms with Crippen LogP contribution in [0.4, 0.5) is 0 Å².